The van der Waals surface area contributed by atoms with Gasteiger partial charge in [0.25, 0.3) is 0 Å². The van der Waals surface area contributed by atoms with E-state index in [2.05, 4.69) is 34.6 Å². The predicted octanol–water partition coefficient (Wildman–Crippen LogP) is 5.04. The number of nitrogens with zero attached hydrogens (tertiary/aromatic N) is 7. The highest BCUT2D eigenvalue weighted by atomic mass is 32.2. The SMILES string of the molecule is Cc1c(C)n(Cc2ccccn2)c2ncn3nc(CSc4nc5ccccc5s4)nc3c12. The van der Waals surface area contributed by atoms with E-state index in [1.165, 1.54) is 16.0 Å². The van der Waals surface area contributed by atoms with Crippen LogP contribution in [0.15, 0.2) is 59.3 Å². The van der Waals surface area contributed by atoms with E-state index in [1.807, 2.05) is 42.6 Å². The van der Waals surface area contributed by atoms with Crippen LogP contribution in [0.25, 0.3) is 26.9 Å². The van der Waals surface area contributed by atoms with Gasteiger partial charge in [-0.15, -0.1) is 16.4 Å². The fourth-order valence-electron chi connectivity index (χ4n) is 3.92. The van der Waals surface area contributed by atoms with Gasteiger partial charge in [0.05, 0.1) is 33.6 Å². The fraction of sp³-hybridized carbons (Fsp3) is 0.174. The molecule has 0 N–H and O–H groups in total. The number of rotatable bonds is 5. The lowest BCUT2D eigenvalue weighted by atomic mass is 10.2. The molecule has 7 nitrogen and oxygen atoms in total. The van der Waals surface area contributed by atoms with Crippen LogP contribution in [0.3, 0.4) is 0 Å². The number of aromatic nitrogens is 7. The minimum Gasteiger partial charge on any atom is -0.323 e. The molecule has 9 heteroatoms. The summed E-state index contributed by atoms with van der Waals surface area (Å²) < 4.78 is 6.22. The average Bonchev–Trinajstić information content (AvgIpc) is 3.49. The zero-order valence-corrected chi connectivity index (χ0v) is 19.2. The van der Waals surface area contributed by atoms with Crippen LogP contribution in [0.4, 0.5) is 0 Å². The molecule has 0 aliphatic rings. The number of hydrogen-bond acceptors (Lipinski definition) is 7. The second-order valence-corrected chi connectivity index (χ2v) is 9.85. The van der Waals surface area contributed by atoms with E-state index in [0.29, 0.717) is 12.3 Å². The third kappa shape index (κ3) is 3.25. The molecular formula is C23H19N7S2. The molecule has 32 heavy (non-hydrogen) atoms. The van der Waals surface area contributed by atoms with E-state index in [9.17, 15) is 0 Å². The van der Waals surface area contributed by atoms with E-state index < -0.39 is 0 Å². The molecule has 0 saturated carbocycles. The van der Waals surface area contributed by atoms with Crippen LogP contribution in [0, 0.1) is 13.8 Å². The molecule has 1 aromatic carbocycles. The minimum atomic E-state index is 0.662. The summed E-state index contributed by atoms with van der Waals surface area (Å²) in [7, 11) is 0. The van der Waals surface area contributed by atoms with Crippen LogP contribution in [-0.4, -0.2) is 34.1 Å². The molecule has 158 valence electrons. The molecule has 0 aliphatic carbocycles. The van der Waals surface area contributed by atoms with Gasteiger partial charge in [-0.2, -0.15) is 0 Å². The van der Waals surface area contributed by atoms with Gasteiger partial charge >= 0.3 is 0 Å². The molecule has 0 spiro atoms. The van der Waals surface area contributed by atoms with Gasteiger partial charge in [0.2, 0.25) is 0 Å². The van der Waals surface area contributed by atoms with Gasteiger partial charge in [0, 0.05) is 11.9 Å². The molecular weight excluding hydrogens is 438 g/mol. The monoisotopic (exact) mass is 457 g/mol. The number of aryl methyl sites for hydroxylation is 1. The number of thioether (sulfide) groups is 1. The Balaban J connectivity index is 1.35. The highest BCUT2D eigenvalue weighted by Gasteiger charge is 2.18. The summed E-state index contributed by atoms with van der Waals surface area (Å²) in [5.41, 5.74) is 6.13. The summed E-state index contributed by atoms with van der Waals surface area (Å²) in [5, 5.41) is 5.72. The van der Waals surface area contributed by atoms with Crippen molar-refractivity contribution >= 4 is 50.0 Å². The van der Waals surface area contributed by atoms with Crippen molar-refractivity contribution in [3.8, 4) is 0 Å². The Hall–Kier alpha value is -3.30. The van der Waals surface area contributed by atoms with Crippen LogP contribution < -0.4 is 0 Å². The Bertz CT molecular complexity index is 1550. The Morgan fingerprint density at radius 2 is 1.84 bits per heavy atom. The van der Waals surface area contributed by atoms with Crippen molar-refractivity contribution in [1.29, 1.82) is 0 Å². The molecule has 6 aromatic rings. The standard InChI is InChI=1S/C23H19N7S2/c1-14-15(2)29(11-16-7-5-6-10-24-16)21-20(14)22-27-19(28-30(22)13-25-21)12-31-23-26-17-8-3-4-9-18(17)32-23/h3-10,13H,11-12H2,1-2H3. The molecule has 0 unspecified atom stereocenters. The first-order valence-corrected chi connectivity index (χ1v) is 12.1. The van der Waals surface area contributed by atoms with Gasteiger partial charge in [-0.1, -0.05) is 30.0 Å². The summed E-state index contributed by atoms with van der Waals surface area (Å²) in [5.74, 6) is 1.44. The van der Waals surface area contributed by atoms with E-state index >= 15 is 0 Å². The minimum absolute atomic E-state index is 0.662. The van der Waals surface area contributed by atoms with Crippen LogP contribution in [-0.2, 0) is 12.3 Å². The number of benzene rings is 1. The van der Waals surface area contributed by atoms with Crippen molar-refractivity contribution < 1.29 is 0 Å². The van der Waals surface area contributed by atoms with Crippen LogP contribution in [0.1, 0.15) is 22.8 Å². The van der Waals surface area contributed by atoms with Gasteiger partial charge in [-0.25, -0.2) is 19.5 Å². The highest BCUT2D eigenvalue weighted by molar-refractivity contribution is 8.00. The largest absolute Gasteiger partial charge is 0.323 e. The molecule has 0 bridgehead atoms. The Morgan fingerprint density at radius 1 is 0.969 bits per heavy atom. The summed E-state index contributed by atoms with van der Waals surface area (Å²) in [4.78, 5) is 18.8. The highest BCUT2D eigenvalue weighted by Crippen LogP contribution is 2.32. The van der Waals surface area contributed by atoms with Gasteiger partial charge in [-0.05, 0) is 43.7 Å². The topological polar surface area (TPSA) is 73.8 Å². The number of fused-ring (bicyclic) bond motifs is 4. The first-order valence-electron chi connectivity index (χ1n) is 10.3. The van der Waals surface area contributed by atoms with Crippen molar-refractivity contribution in [1.82, 2.24) is 34.1 Å². The molecule has 0 fully saturated rings. The summed E-state index contributed by atoms with van der Waals surface area (Å²) in [6, 6.07) is 14.2. The number of para-hydroxylation sites is 1. The molecule has 5 heterocycles. The summed E-state index contributed by atoms with van der Waals surface area (Å²) in [6.45, 7) is 4.92. The molecule has 0 amide bonds. The fourth-order valence-corrected chi connectivity index (χ4v) is 5.84. The lowest BCUT2D eigenvalue weighted by molar-refractivity contribution is 0.765. The van der Waals surface area contributed by atoms with E-state index in [1.54, 1.807) is 33.9 Å². The molecule has 5 aromatic heterocycles. The van der Waals surface area contributed by atoms with E-state index in [-0.39, 0.29) is 0 Å². The van der Waals surface area contributed by atoms with Crippen molar-refractivity contribution in [3.05, 3.63) is 77.8 Å². The van der Waals surface area contributed by atoms with E-state index in [0.717, 1.165) is 38.1 Å². The number of pyridine rings is 1. The normalized spacial score (nSPS) is 11.8. The molecule has 0 atom stereocenters. The zero-order valence-electron chi connectivity index (χ0n) is 17.6. The summed E-state index contributed by atoms with van der Waals surface area (Å²) in [6.07, 6.45) is 3.58. The molecule has 0 saturated heterocycles. The van der Waals surface area contributed by atoms with Crippen molar-refractivity contribution in [2.45, 2.75) is 30.5 Å². The molecule has 0 aliphatic heterocycles. The maximum atomic E-state index is 4.87. The second-order valence-electron chi connectivity index (χ2n) is 7.59. The second kappa shape index (κ2) is 7.68. The first-order chi connectivity index (χ1) is 15.7. The number of thiazole rings is 1. The van der Waals surface area contributed by atoms with Gasteiger partial charge < -0.3 is 4.57 Å². The summed E-state index contributed by atoms with van der Waals surface area (Å²) >= 11 is 3.37. The Labute approximate surface area is 192 Å². The third-order valence-electron chi connectivity index (χ3n) is 5.64. The molecule has 6 rings (SSSR count). The van der Waals surface area contributed by atoms with Crippen LogP contribution in [0.2, 0.25) is 0 Å². The van der Waals surface area contributed by atoms with Crippen molar-refractivity contribution in [2.75, 3.05) is 0 Å². The maximum Gasteiger partial charge on any atom is 0.168 e. The van der Waals surface area contributed by atoms with E-state index in [4.69, 9.17) is 15.0 Å². The molecule has 0 radical (unpaired) electrons. The van der Waals surface area contributed by atoms with Crippen molar-refractivity contribution in [2.24, 2.45) is 0 Å². The Kier molecular flexibility index (Phi) is 4.65. The maximum absolute atomic E-state index is 4.87. The van der Waals surface area contributed by atoms with Crippen LogP contribution in [0.5, 0.6) is 0 Å². The zero-order chi connectivity index (χ0) is 21.7. The van der Waals surface area contributed by atoms with Crippen molar-refractivity contribution in [3.63, 3.8) is 0 Å². The Morgan fingerprint density at radius 3 is 2.69 bits per heavy atom. The van der Waals surface area contributed by atoms with Gasteiger partial charge in [0.15, 0.2) is 15.8 Å². The third-order valence-corrected chi connectivity index (χ3v) is 7.81. The lowest BCUT2D eigenvalue weighted by Gasteiger charge is -2.07. The predicted molar refractivity (Wildman–Crippen MR) is 128 cm³/mol. The first kappa shape index (κ1) is 19.4. The van der Waals surface area contributed by atoms with Crippen LogP contribution >= 0.6 is 23.1 Å². The van der Waals surface area contributed by atoms with Gasteiger partial charge in [0.1, 0.15) is 12.0 Å². The quantitative estimate of drug-likeness (QED) is 0.338. The lowest BCUT2D eigenvalue weighted by Crippen LogP contribution is -2.04. The van der Waals surface area contributed by atoms with Gasteiger partial charge in [-0.3, -0.25) is 4.98 Å². The average molecular weight is 458 g/mol. The smallest absolute Gasteiger partial charge is 0.168 e. The number of hydrogen-bond donors (Lipinski definition) is 0.